The molecule has 1 amide bonds. The van der Waals surface area contributed by atoms with Gasteiger partial charge in [0.1, 0.15) is 5.56 Å². The molecule has 0 aliphatic carbocycles. The number of carbonyl (C=O) groups is 2. The summed E-state index contributed by atoms with van der Waals surface area (Å²) in [6.07, 6.45) is -1.15. The molecule has 0 aliphatic rings. The van der Waals surface area contributed by atoms with Crippen LogP contribution in [-0.4, -0.2) is 22.9 Å². The Labute approximate surface area is 148 Å². The molecule has 0 unspecified atom stereocenters. The Hall–Kier alpha value is -2.93. The summed E-state index contributed by atoms with van der Waals surface area (Å²) in [6, 6.07) is 10.4. The van der Waals surface area contributed by atoms with Crippen molar-refractivity contribution in [3.63, 3.8) is 0 Å². The molecule has 0 heterocycles. The Kier molecular flexibility index (Phi) is 5.71. The second kappa shape index (κ2) is 7.76. The SMILES string of the molecule is Cc1c(Cl)cccc1NC(=O)[C@@H](C)OC(=O)c1ccccc1[N+](=O)[O-]. The molecule has 130 valence electrons. The van der Waals surface area contributed by atoms with Gasteiger partial charge in [-0.2, -0.15) is 0 Å². The molecule has 7 nitrogen and oxygen atoms in total. The lowest BCUT2D eigenvalue weighted by atomic mass is 10.2. The molecular formula is C17H15ClN2O5. The predicted molar refractivity (Wildman–Crippen MR) is 92.8 cm³/mol. The van der Waals surface area contributed by atoms with E-state index >= 15 is 0 Å². The van der Waals surface area contributed by atoms with Gasteiger partial charge in [-0.05, 0) is 37.6 Å². The van der Waals surface area contributed by atoms with Gasteiger partial charge in [-0.1, -0.05) is 29.8 Å². The van der Waals surface area contributed by atoms with Gasteiger partial charge in [0.15, 0.2) is 6.10 Å². The van der Waals surface area contributed by atoms with Crippen LogP contribution >= 0.6 is 11.6 Å². The number of hydrogen-bond donors (Lipinski definition) is 1. The molecule has 25 heavy (non-hydrogen) atoms. The van der Waals surface area contributed by atoms with E-state index in [1.54, 1.807) is 25.1 Å². The molecule has 0 radical (unpaired) electrons. The number of ether oxygens (including phenoxy) is 1. The fraction of sp³-hybridized carbons (Fsp3) is 0.176. The van der Waals surface area contributed by atoms with Gasteiger partial charge in [-0.15, -0.1) is 0 Å². The van der Waals surface area contributed by atoms with Gasteiger partial charge in [0.2, 0.25) is 0 Å². The third-order valence-electron chi connectivity index (χ3n) is 3.50. The highest BCUT2D eigenvalue weighted by molar-refractivity contribution is 6.31. The normalized spacial score (nSPS) is 11.5. The number of hydrogen-bond acceptors (Lipinski definition) is 5. The van der Waals surface area contributed by atoms with Crippen molar-refractivity contribution in [3.8, 4) is 0 Å². The van der Waals surface area contributed by atoms with Crippen LogP contribution in [0.3, 0.4) is 0 Å². The van der Waals surface area contributed by atoms with Crippen molar-refractivity contribution >= 4 is 34.9 Å². The van der Waals surface area contributed by atoms with Gasteiger partial charge in [0.05, 0.1) is 4.92 Å². The van der Waals surface area contributed by atoms with Gasteiger partial charge in [0, 0.05) is 16.8 Å². The van der Waals surface area contributed by atoms with E-state index in [0.29, 0.717) is 16.3 Å². The first-order valence-electron chi connectivity index (χ1n) is 7.31. The lowest BCUT2D eigenvalue weighted by molar-refractivity contribution is -0.385. The molecule has 8 heteroatoms. The highest BCUT2D eigenvalue weighted by Gasteiger charge is 2.25. The predicted octanol–water partition coefficient (Wildman–Crippen LogP) is 3.74. The third kappa shape index (κ3) is 4.33. The van der Waals surface area contributed by atoms with E-state index in [1.165, 1.54) is 31.2 Å². The van der Waals surface area contributed by atoms with Crippen LogP contribution < -0.4 is 5.32 Å². The zero-order valence-corrected chi connectivity index (χ0v) is 14.2. The minimum absolute atomic E-state index is 0.217. The number of amides is 1. The molecule has 0 bridgehead atoms. The molecule has 2 rings (SSSR count). The highest BCUT2D eigenvalue weighted by Crippen LogP contribution is 2.23. The fourth-order valence-corrected chi connectivity index (χ4v) is 2.23. The van der Waals surface area contributed by atoms with Gasteiger partial charge in [-0.25, -0.2) is 4.79 Å². The van der Waals surface area contributed by atoms with Gasteiger partial charge in [0.25, 0.3) is 11.6 Å². The number of nitro benzene ring substituents is 1. The number of halogens is 1. The molecular weight excluding hydrogens is 348 g/mol. The maximum absolute atomic E-state index is 12.2. The summed E-state index contributed by atoms with van der Waals surface area (Å²) in [4.78, 5) is 34.6. The average Bonchev–Trinajstić information content (AvgIpc) is 2.58. The maximum Gasteiger partial charge on any atom is 0.345 e. The summed E-state index contributed by atoms with van der Waals surface area (Å²) in [5.74, 6) is -1.52. The molecule has 1 atom stereocenters. The Balaban J connectivity index is 2.10. The first kappa shape index (κ1) is 18.4. The topological polar surface area (TPSA) is 98.5 Å². The summed E-state index contributed by atoms with van der Waals surface area (Å²) in [6.45, 7) is 3.11. The third-order valence-corrected chi connectivity index (χ3v) is 3.91. The molecule has 0 fully saturated rings. The van der Waals surface area contributed by atoms with Crippen LogP contribution in [0.1, 0.15) is 22.8 Å². The van der Waals surface area contributed by atoms with Crippen LogP contribution in [0.2, 0.25) is 5.02 Å². The average molecular weight is 363 g/mol. The fourth-order valence-electron chi connectivity index (χ4n) is 2.06. The lowest BCUT2D eigenvalue weighted by Crippen LogP contribution is -2.30. The molecule has 1 N–H and O–H groups in total. The second-order valence-electron chi connectivity index (χ2n) is 5.22. The van der Waals surface area contributed by atoms with E-state index in [0.717, 1.165) is 0 Å². The number of nitro groups is 1. The summed E-state index contributed by atoms with van der Waals surface area (Å²) >= 11 is 5.99. The first-order chi connectivity index (χ1) is 11.8. The van der Waals surface area contributed by atoms with Crippen LogP contribution in [-0.2, 0) is 9.53 Å². The van der Waals surface area contributed by atoms with Crippen molar-refractivity contribution < 1.29 is 19.2 Å². The van der Waals surface area contributed by atoms with E-state index in [-0.39, 0.29) is 11.3 Å². The first-order valence-corrected chi connectivity index (χ1v) is 7.69. The van der Waals surface area contributed by atoms with Crippen molar-refractivity contribution in [1.29, 1.82) is 0 Å². The number of anilines is 1. The van der Waals surface area contributed by atoms with Crippen LogP contribution in [0.5, 0.6) is 0 Å². The van der Waals surface area contributed by atoms with Crippen LogP contribution in [0.15, 0.2) is 42.5 Å². The largest absolute Gasteiger partial charge is 0.449 e. The monoisotopic (exact) mass is 362 g/mol. The Morgan fingerprint density at radius 2 is 1.88 bits per heavy atom. The van der Waals surface area contributed by atoms with Crippen LogP contribution in [0.4, 0.5) is 11.4 Å². The van der Waals surface area contributed by atoms with E-state index in [2.05, 4.69) is 5.32 Å². The molecule has 0 aliphatic heterocycles. The molecule has 0 saturated carbocycles. The van der Waals surface area contributed by atoms with Gasteiger partial charge >= 0.3 is 5.97 Å². The minimum Gasteiger partial charge on any atom is -0.449 e. The molecule has 2 aromatic carbocycles. The van der Waals surface area contributed by atoms with Gasteiger partial charge in [-0.3, -0.25) is 14.9 Å². The molecule has 2 aromatic rings. The quantitative estimate of drug-likeness (QED) is 0.496. The summed E-state index contributed by atoms with van der Waals surface area (Å²) in [7, 11) is 0. The molecule has 0 aromatic heterocycles. The molecule has 0 spiro atoms. The van der Waals surface area contributed by atoms with E-state index in [4.69, 9.17) is 16.3 Å². The number of esters is 1. The number of nitrogens with one attached hydrogen (secondary N) is 1. The van der Waals surface area contributed by atoms with Crippen LogP contribution in [0, 0.1) is 17.0 Å². The minimum atomic E-state index is -1.15. The van der Waals surface area contributed by atoms with E-state index in [1.807, 2.05) is 0 Å². The number of carbonyl (C=O) groups excluding carboxylic acids is 2. The molecule has 0 saturated heterocycles. The smallest absolute Gasteiger partial charge is 0.345 e. The van der Waals surface area contributed by atoms with Crippen LogP contribution in [0.25, 0.3) is 0 Å². The van der Waals surface area contributed by atoms with Gasteiger partial charge < -0.3 is 10.1 Å². The Morgan fingerprint density at radius 3 is 2.56 bits per heavy atom. The van der Waals surface area contributed by atoms with Crippen molar-refractivity contribution in [2.75, 3.05) is 5.32 Å². The Bertz CT molecular complexity index is 838. The number of benzene rings is 2. The standard InChI is InChI=1S/C17H15ClN2O5/c1-10-13(18)7-5-8-14(10)19-16(21)11(2)25-17(22)12-6-3-4-9-15(12)20(23)24/h3-9,11H,1-2H3,(H,19,21)/t11-/m1/s1. The highest BCUT2D eigenvalue weighted by atomic mass is 35.5. The second-order valence-corrected chi connectivity index (χ2v) is 5.63. The number of para-hydroxylation sites is 1. The number of nitrogens with zero attached hydrogens (tertiary/aromatic N) is 1. The summed E-state index contributed by atoms with van der Waals surface area (Å²) in [5, 5.41) is 14.1. The van der Waals surface area contributed by atoms with Crippen molar-refractivity contribution in [3.05, 3.63) is 68.7 Å². The Morgan fingerprint density at radius 1 is 1.20 bits per heavy atom. The van der Waals surface area contributed by atoms with Crippen molar-refractivity contribution in [2.24, 2.45) is 0 Å². The zero-order chi connectivity index (χ0) is 18.6. The maximum atomic E-state index is 12.2. The van der Waals surface area contributed by atoms with Crippen molar-refractivity contribution in [1.82, 2.24) is 0 Å². The summed E-state index contributed by atoms with van der Waals surface area (Å²) in [5.41, 5.74) is 0.567. The van der Waals surface area contributed by atoms with Crippen molar-refractivity contribution in [2.45, 2.75) is 20.0 Å². The number of rotatable bonds is 5. The summed E-state index contributed by atoms with van der Waals surface area (Å²) < 4.78 is 5.04. The lowest BCUT2D eigenvalue weighted by Gasteiger charge is -2.15. The van der Waals surface area contributed by atoms with E-state index in [9.17, 15) is 19.7 Å². The van der Waals surface area contributed by atoms with E-state index < -0.39 is 22.9 Å². The zero-order valence-electron chi connectivity index (χ0n) is 13.5.